The summed E-state index contributed by atoms with van der Waals surface area (Å²) in [6.45, 7) is 4.15. The van der Waals surface area contributed by atoms with Crippen LogP contribution in [0.15, 0.2) is 18.3 Å². The molecule has 1 aliphatic carbocycles. The molecule has 0 amide bonds. The molecule has 0 unspecified atom stereocenters. The van der Waals surface area contributed by atoms with Gasteiger partial charge in [0, 0.05) is 6.20 Å². The minimum atomic E-state index is -4.17. The highest BCUT2D eigenvalue weighted by molar-refractivity contribution is 5.29. The first-order valence-electron chi connectivity index (χ1n) is 5.87. The van der Waals surface area contributed by atoms with Crippen LogP contribution in [-0.4, -0.2) is 11.2 Å². The molecular formula is C13H16F3N. The van der Waals surface area contributed by atoms with Gasteiger partial charge in [-0.1, -0.05) is 19.9 Å². The van der Waals surface area contributed by atoms with Gasteiger partial charge in [0.2, 0.25) is 0 Å². The zero-order valence-corrected chi connectivity index (χ0v) is 10.0. The highest BCUT2D eigenvalue weighted by Crippen LogP contribution is 2.58. The van der Waals surface area contributed by atoms with Gasteiger partial charge in [0.05, 0.1) is 5.69 Å². The van der Waals surface area contributed by atoms with Crippen molar-refractivity contribution in [2.75, 3.05) is 0 Å². The molecule has 0 radical (unpaired) electrons. The van der Waals surface area contributed by atoms with E-state index in [0.717, 1.165) is 12.0 Å². The van der Waals surface area contributed by atoms with E-state index in [0.29, 0.717) is 5.92 Å². The van der Waals surface area contributed by atoms with E-state index in [4.69, 9.17) is 0 Å². The van der Waals surface area contributed by atoms with Gasteiger partial charge < -0.3 is 0 Å². The largest absolute Gasteiger partial charge is 0.399 e. The van der Waals surface area contributed by atoms with Crippen molar-refractivity contribution in [3.05, 3.63) is 29.6 Å². The van der Waals surface area contributed by atoms with Gasteiger partial charge in [-0.3, -0.25) is 4.98 Å². The van der Waals surface area contributed by atoms with Gasteiger partial charge in [0.1, 0.15) is 5.41 Å². The topological polar surface area (TPSA) is 12.9 Å². The molecule has 0 saturated heterocycles. The molecule has 2 rings (SSSR count). The molecule has 0 atom stereocenters. The lowest BCUT2D eigenvalue weighted by Crippen LogP contribution is -2.29. The molecule has 94 valence electrons. The fraction of sp³-hybridized carbons (Fsp3) is 0.615. The molecule has 0 aliphatic heterocycles. The predicted molar refractivity (Wildman–Crippen MR) is 59.7 cm³/mol. The van der Waals surface area contributed by atoms with Gasteiger partial charge in [-0.25, -0.2) is 0 Å². The van der Waals surface area contributed by atoms with E-state index >= 15 is 0 Å². The molecule has 1 aliphatic rings. The average Bonchev–Trinajstić information content (AvgIpc) is 2.97. The summed E-state index contributed by atoms with van der Waals surface area (Å²) in [7, 11) is 0. The molecule has 1 aromatic rings. The van der Waals surface area contributed by atoms with Crippen molar-refractivity contribution >= 4 is 0 Å². The van der Waals surface area contributed by atoms with Crippen molar-refractivity contribution in [1.82, 2.24) is 4.98 Å². The number of rotatable bonds is 3. The smallest absolute Gasteiger partial charge is 0.260 e. The van der Waals surface area contributed by atoms with Crippen LogP contribution in [0.1, 0.15) is 37.9 Å². The summed E-state index contributed by atoms with van der Waals surface area (Å²) in [6, 6.07) is 3.31. The zero-order valence-electron chi connectivity index (χ0n) is 10.0. The molecule has 1 fully saturated rings. The lowest BCUT2D eigenvalue weighted by Gasteiger charge is -2.18. The lowest BCUT2D eigenvalue weighted by molar-refractivity contribution is -0.161. The maximum Gasteiger partial charge on any atom is 0.399 e. The van der Waals surface area contributed by atoms with Gasteiger partial charge in [-0.2, -0.15) is 13.2 Å². The van der Waals surface area contributed by atoms with E-state index in [2.05, 4.69) is 18.8 Å². The zero-order chi connectivity index (χ0) is 12.7. The van der Waals surface area contributed by atoms with Crippen LogP contribution in [0.4, 0.5) is 13.2 Å². The summed E-state index contributed by atoms with van der Waals surface area (Å²) in [5.41, 5.74) is -0.470. The fourth-order valence-corrected chi connectivity index (χ4v) is 2.11. The van der Waals surface area contributed by atoms with Crippen molar-refractivity contribution in [2.45, 2.75) is 44.7 Å². The van der Waals surface area contributed by atoms with Crippen molar-refractivity contribution in [1.29, 1.82) is 0 Å². The first kappa shape index (κ1) is 12.4. The van der Waals surface area contributed by atoms with Crippen LogP contribution >= 0.6 is 0 Å². The predicted octanol–water partition coefficient (Wildman–Crippen LogP) is 3.87. The van der Waals surface area contributed by atoms with E-state index in [9.17, 15) is 13.2 Å². The van der Waals surface area contributed by atoms with Gasteiger partial charge in [0.15, 0.2) is 0 Å². The standard InChI is InChI=1S/C13H16F3N/c1-9(2)7-10-3-4-11(17-8-10)12(5-6-12)13(14,15)16/h3-4,8-9H,5-7H2,1-2H3. The van der Waals surface area contributed by atoms with Crippen molar-refractivity contribution in [2.24, 2.45) is 5.92 Å². The SMILES string of the molecule is CC(C)Cc1ccc(C2(C(F)(F)F)CC2)nc1. The van der Waals surface area contributed by atoms with E-state index in [-0.39, 0.29) is 18.5 Å². The molecule has 1 heterocycles. The highest BCUT2D eigenvalue weighted by Gasteiger charge is 2.65. The van der Waals surface area contributed by atoms with Crippen molar-refractivity contribution < 1.29 is 13.2 Å². The maximum absolute atomic E-state index is 12.9. The van der Waals surface area contributed by atoms with Crippen LogP contribution < -0.4 is 0 Å². The van der Waals surface area contributed by atoms with E-state index in [1.54, 1.807) is 12.3 Å². The van der Waals surface area contributed by atoms with Crippen LogP contribution in [0.25, 0.3) is 0 Å². The Morgan fingerprint density at radius 3 is 2.29 bits per heavy atom. The van der Waals surface area contributed by atoms with Crippen LogP contribution in [0.5, 0.6) is 0 Å². The minimum Gasteiger partial charge on any atom is -0.260 e. The lowest BCUT2D eigenvalue weighted by atomic mass is 9.99. The highest BCUT2D eigenvalue weighted by atomic mass is 19.4. The average molecular weight is 243 g/mol. The number of hydrogen-bond donors (Lipinski definition) is 0. The summed E-state index contributed by atoms with van der Waals surface area (Å²) < 4.78 is 38.6. The second-order valence-electron chi connectivity index (χ2n) is 5.23. The Kier molecular flexibility index (Phi) is 2.92. The van der Waals surface area contributed by atoms with Gasteiger partial charge >= 0.3 is 6.18 Å². The van der Waals surface area contributed by atoms with Crippen LogP contribution in [0.2, 0.25) is 0 Å². The van der Waals surface area contributed by atoms with Crippen molar-refractivity contribution in [3.8, 4) is 0 Å². The Morgan fingerprint density at radius 1 is 1.29 bits per heavy atom. The molecule has 0 spiro atoms. The molecule has 1 nitrogen and oxygen atoms in total. The summed E-state index contributed by atoms with van der Waals surface area (Å²) in [5, 5.41) is 0. The second-order valence-corrected chi connectivity index (χ2v) is 5.23. The third-order valence-electron chi connectivity index (χ3n) is 3.25. The monoisotopic (exact) mass is 243 g/mol. The second kappa shape index (κ2) is 4.00. The Hall–Kier alpha value is -1.06. The van der Waals surface area contributed by atoms with Crippen LogP contribution in [-0.2, 0) is 11.8 Å². The Bertz CT molecular complexity index is 388. The Balaban J connectivity index is 2.19. The fourth-order valence-electron chi connectivity index (χ4n) is 2.11. The number of halogens is 3. The third kappa shape index (κ3) is 2.31. The summed E-state index contributed by atoms with van der Waals surface area (Å²) in [5.74, 6) is 0.486. The Labute approximate surface area is 99.1 Å². The summed E-state index contributed by atoms with van der Waals surface area (Å²) >= 11 is 0. The third-order valence-corrected chi connectivity index (χ3v) is 3.25. The quantitative estimate of drug-likeness (QED) is 0.785. The van der Waals surface area contributed by atoms with Crippen molar-refractivity contribution in [3.63, 3.8) is 0 Å². The number of aromatic nitrogens is 1. The normalized spacial score (nSPS) is 18.5. The summed E-state index contributed by atoms with van der Waals surface area (Å²) in [4.78, 5) is 4.01. The first-order chi connectivity index (χ1) is 7.85. The van der Waals surface area contributed by atoms with E-state index in [1.807, 2.05) is 0 Å². The maximum atomic E-state index is 12.9. The van der Waals surface area contributed by atoms with E-state index < -0.39 is 11.6 Å². The molecule has 0 aromatic carbocycles. The molecule has 17 heavy (non-hydrogen) atoms. The van der Waals surface area contributed by atoms with E-state index in [1.165, 1.54) is 6.07 Å². The first-order valence-corrected chi connectivity index (χ1v) is 5.87. The molecular weight excluding hydrogens is 227 g/mol. The minimum absolute atomic E-state index is 0.174. The number of alkyl halides is 3. The number of nitrogens with zero attached hydrogens (tertiary/aromatic N) is 1. The van der Waals surface area contributed by atoms with Crippen LogP contribution in [0, 0.1) is 5.92 Å². The molecule has 1 saturated carbocycles. The Morgan fingerprint density at radius 2 is 1.94 bits per heavy atom. The summed E-state index contributed by atoms with van der Waals surface area (Å²) in [6.07, 6.45) is -1.38. The molecule has 0 N–H and O–H groups in total. The molecule has 1 aromatic heterocycles. The van der Waals surface area contributed by atoms with Crippen LogP contribution in [0.3, 0.4) is 0 Å². The van der Waals surface area contributed by atoms with Gasteiger partial charge in [-0.05, 0) is 36.8 Å². The van der Waals surface area contributed by atoms with Gasteiger partial charge in [-0.15, -0.1) is 0 Å². The number of hydrogen-bond acceptors (Lipinski definition) is 1. The van der Waals surface area contributed by atoms with Gasteiger partial charge in [0.25, 0.3) is 0 Å². The molecule has 0 bridgehead atoms. The molecule has 4 heteroatoms. The number of pyridine rings is 1.